The number of aromatic amines is 1. The van der Waals surface area contributed by atoms with Gasteiger partial charge in [-0.15, -0.1) is 0 Å². The van der Waals surface area contributed by atoms with E-state index in [4.69, 9.17) is 0 Å². The summed E-state index contributed by atoms with van der Waals surface area (Å²) in [6.45, 7) is 0. The second kappa shape index (κ2) is 4.38. The first-order valence-electron chi connectivity index (χ1n) is 6.56. The maximum Gasteiger partial charge on any atom is 0.186 e. The average Bonchev–Trinajstić information content (AvgIpc) is 2.95. The lowest BCUT2D eigenvalue weighted by Gasteiger charge is -2.03. The molecule has 21 heavy (non-hydrogen) atoms. The Labute approximate surface area is 119 Å². The lowest BCUT2D eigenvalue weighted by Crippen LogP contribution is -1.85. The third kappa shape index (κ3) is 1.80. The molecule has 1 aromatic heterocycles. The van der Waals surface area contributed by atoms with Gasteiger partial charge in [-0.1, -0.05) is 42.5 Å². The topological polar surface area (TPSA) is 28.7 Å². The smallest absolute Gasteiger partial charge is 0.186 e. The van der Waals surface area contributed by atoms with Gasteiger partial charge in [0.1, 0.15) is 11.3 Å². The Kier molecular flexibility index (Phi) is 2.51. The highest BCUT2D eigenvalue weighted by Gasteiger charge is 2.14. The monoisotopic (exact) mass is 280 g/mol. The highest BCUT2D eigenvalue weighted by molar-refractivity contribution is 5.96. The van der Waals surface area contributed by atoms with Crippen molar-refractivity contribution in [1.82, 2.24) is 9.97 Å². The number of rotatable bonds is 1. The molecule has 0 amide bonds. The van der Waals surface area contributed by atoms with Crippen LogP contribution in [0.5, 0.6) is 0 Å². The van der Waals surface area contributed by atoms with Crippen molar-refractivity contribution in [2.45, 2.75) is 0 Å². The van der Waals surface area contributed by atoms with Gasteiger partial charge in [-0.3, -0.25) is 0 Å². The average molecular weight is 280 g/mol. The summed E-state index contributed by atoms with van der Waals surface area (Å²) in [6.07, 6.45) is 0. The van der Waals surface area contributed by atoms with Crippen molar-refractivity contribution in [3.05, 3.63) is 66.2 Å². The van der Waals surface area contributed by atoms with E-state index >= 15 is 0 Å². The SMILES string of the molecule is Fc1ccc2[nH]c(-c3cccc4ccccc34)nc2c1F. The van der Waals surface area contributed by atoms with E-state index in [0.717, 1.165) is 22.4 Å². The lowest BCUT2D eigenvalue weighted by molar-refractivity contribution is 0.515. The fourth-order valence-electron chi connectivity index (χ4n) is 2.58. The predicted molar refractivity (Wildman–Crippen MR) is 79.0 cm³/mol. The molecule has 0 fully saturated rings. The second-order valence-corrected chi connectivity index (χ2v) is 4.87. The molecule has 0 aliphatic carbocycles. The molecule has 0 aliphatic rings. The van der Waals surface area contributed by atoms with Crippen molar-refractivity contribution in [1.29, 1.82) is 0 Å². The summed E-state index contributed by atoms with van der Waals surface area (Å²) in [5.74, 6) is -1.28. The first-order chi connectivity index (χ1) is 10.2. The summed E-state index contributed by atoms with van der Waals surface area (Å²) < 4.78 is 27.1. The number of H-pyrrole nitrogens is 1. The van der Waals surface area contributed by atoms with Crippen LogP contribution in [0.15, 0.2) is 54.6 Å². The van der Waals surface area contributed by atoms with Gasteiger partial charge in [0.15, 0.2) is 11.6 Å². The Balaban J connectivity index is 2.03. The van der Waals surface area contributed by atoms with Gasteiger partial charge in [0.25, 0.3) is 0 Å². The number of hydrogen-bond acceptors (Lipinski definition) is 1. The van der Waals surface area contributed by atoms with Crippen LogP contribution >= 0.6 is 0 Å². The Bertz CT molecular complexity index is 968. The van der Waals surface area contributed by atoms with Gasteiger partial charge < -0.3 is 4.98 Å². The van der Waals surface area contributed by atoms with Crippen LogP contribution in [0.3, 0.4) is 0 Å². The van der Waals surface area contributed by atoms with Crippen LogP contribution < -0.4 is 0 Å². The summed E-state index contributed by atoms with van der Waals surface area (Å²) in [6, 6.07) is 16.3. The van der Waals surface area contributed by atoms with Crippen molar-refractivity contribution in [2.75, 3.05) is 0 Å². The molecule has 0 bridgehead atoms. The molecule has 0 atom stereocenters. The minimum atomic E-state index is -0.921. The molecule has 0 unspecified atom stereocenters. The molecule has 4 aromatic rings. The first kappa shape index (κ1) is 12.0. The molecule has 102 valence electrons. The van der Waals surface area contributed by atoms with E-state index < -0.39 is 11.6 Å². The third-order valence-electron chi connectivity index (χ3n) is 3.59. The number of aromatic nitrogens is 2. The van der Waals surface area contributed by atoms with Crippen LogP contribution in [0.1, 0.15) is 0 Å². The number of imidazole rings is 1. The number of halogens is 2. The molecule has 0 radical (unpaired) electrons. The number of benzene rings is 3. The van der Waals surface area contributed by atoms with Gasteiger partial charge in [-0.2, -0.15) is 0 Å². The second-order valence-electron chi connectivity index (χ2n) is 4.87. The third-order valence-corrected chi connectivity index (χ3v) is 3.59. The zero-order valence-electron chi connectivity index (χ0n) is 10.9. The Morgan fingerprint density at radius 1 is 0.857 bits per heavy atom. The van der Waals surface area contributed by atoms with Crippen LogP contribution in [0.25, 0.3) is 33.2 Å². The van der Waals surface area contributed by atoms with Gasteiger partial charge >= 0.3 is 0 Å². The van der Waals surface area contributed by atoms with E-state index in [0.29, 0.717) is 11.3 Å². The molecule has 1 heterocycles. The Hall–Kier alpha value is -2.75. The van der Waals surface area contributed by atoms with Crippen LogP contribution in [-0.2, 0) is 0 Å². The number of nitrogens with one attached hydrogen (secondary N) is 1. The Morgan fingerprint density at radius 3 is 2.57 bits per heavy atom. The van der Waals surface area contributed by atoms with Crippen molar-refractivity contribution in [3.8, 4) is 11.4 Å². The van der Waals surface area contributed by atoms with Gasteiger partial charge in [-0.05, 0) is 22.9 Å². The molecular weight excluding hydrogens is 270 g/mol. The van der Waals surface area contributed by atoms with E-state index in [9.17, 15) is 8.78 Å². The van der Waals surface area contributed by atoms with E-state index in [-0.39, 0.29) is 5.52 Å². The maximum absolute atomic E-state index is 13.8. The fraction of sp³-hybridized carbons (Fsp3) is 0. The molecule has 2 nitrogen and oxygen atoms in total. The standard InChI is InChI=1S/C17H10F2N2/c18-13-8-9-14-16(15(13)19)21-17(20-14)12-7-3-5-10-4-1-2-6-11(10)12/h1-9H,(H,20,21). The van der Waals surface area contributed by atoms with E-state index in [1.165, 1.54) is 6.07 Å². The molecule has 4 rings (SSSR count). The molecule has 0 saturated carbocycles. The van der Waals surface area contributed by atoms with E-state index in [1.807, 2.05) is 42.5 Å². The van der Waals surface area contributed by atoms with Crippen molar-refractivity contribution in [3.63, 3.8) is 0 Å². The number of fused-ring (bicyclic) bond motifs is 2. The van der Waals surface area contributed by atoms with Crippen LogP contribution in [0.2, 0.25) is 0 Å². The summed E-state index contributed by atoms with van der Waals surface area (Å²) in [4.78, 5) is 7.28. The Morgan fingerprint density at radius 2 is 1.67 bits per heavy atom. The highest BCUT2D eigenvalue weighted by atomic mass is 19.2. The zero-order valence-corrected chi connectivity index (χ0v) is 10.9. The van der Waals surface area contributed by atoms with Crippen molar-refractivity contribution < 1.29 is 8.78 Å². The first-order valence-corrected chi connectivity index (χ1v) is 6.56. The molecule has 0 aliphatic heterocycles. The summed E-state index contributed by atoms with van der Waals surface area (Å²) >= 11 is 0. The van der Waals surface area contributed by atoms with Crippen LogP contribution in [0, 0.1) is 11.6 Å². The van der Waals surface area contributed by atoms with Crippen molar-refractivity contribution >= 4 is 21.8 Å². The van der Waals surface area contributed by atoms with Gasteiger partial charge in [0.2, 0.25) is 0 Å². The summed E-state index contributed by atoms with van der Waals surface area (Å²) in [7, 11) is 0. The molecule has 3 aromatic carbocycles. The van der Waals surface area contributed by atoms with Crippen molar-refractivity contribution in [2.24, 2.45) is 0 Å². The molecule has 4 heteroatoms. The quantitative estimate of drug-likeness (QED) is 0.539. The zero-order chi connectivity index (χ0) is 14.4. The van der Waals surface area contributed by atoms with Gasteiger partial charge in [0.05, 0.1) is 5.52 Å². The molecule has 1 N–H and O–H groups in total. The normalized spacial score (nSPS) is 11.3. The van der Waals surface area contributed by atoms with Gasteiger partial charge in [-0.25, -0.2) is 13.8 Å². The van der Waals surface area contributed by atoms with E-state index in [1.54, 1.807) is 0 Å². The minimum absolute atomic E-state index is 0.0259. The predicted octanol–water partition coefficient (Wildman–Crippen LogP) is 4.66. The molecule has 0 spiro atoms. The largest absolute Gasteiger partial charge is 0.338 e. The number of hydrogen-bond donors (Lipinski definition) is 1. The summed E-state index contributed by atoms with van der Waals surface area (Å²) in [5, 5.41) is 2.09. The molecule has 0 saturated heterocycles. The minimum Gasteiger partial charge on any atom is -0.338 e. The fourth-order valence-corrected chi connectivity index (χ4v) is 2.58. The van der Waals surface area contributed by atoms with Crippen LogP contribution in [0.4, 0.5) is 8.78 Å². The van der Waals surface area contributed by atoms with Gasteiger partial charge in [0, 0.05) is 5.56 Å². The summed E-state index contributed by atoms with van der Waals surface area (Å²) in [5.41, 5.74) is 1.37. The van der Waals surface area contributed by atoms with Crippen LogP contribution in [-0.4, -0.2) is 9.97 Å². The lowest BCUT2D eigenvalue weighted by atomic mass is 10.0. The number of nitrogens with zero attached hydrogens (tertiary/aromatic N) is 1. The van der Waals surface area contributed by atoms with E-state index in [2.05, 4.69) is 9.97 Å². The molecular formula is C17H10F2N2. The maximum atomic E-state index is 13.8. The highest BCUT2D eigenvalue weighted by Crippen LogP contribution is 2.29.